The Morgan fingerprint density at radius 2 is 1.89 bits per heavy atom. The average Bonchev–Trinajstić information content (AvgIpc) is 2.72. The number of ether oxygens (including phenoxy) is 2. The minimum absolute atomic E-state index is 0.0744. The number of fused-ring (bicyclic) bond motifs is 1. The van der Waals surface area contributed by atoms with E-state index in [-0.39, 0.29) is 11.9 Å². The summed E-state index contributed by atoms with van der Waals surface area (Å²) in [7, 11) is 3.77. The molecule has 1 atom stereocenters. The maximum absolute atomic E-state index is 13.0. The van der Waals surface area contributed by atoms with Crippen LogP contribution in [0.2, 0.25) is 0 Å². The van der Waals surface area contributed by atoms with Crippen LogP contribution in [0.4, 0.5) is 4.39 Å². The van der Waals surface area contributed by atoms with Crippen LogP contribution in [0.1, 0.15) is 5.56 Å². The SMILES string of the molecule is CN=C(NCCN(C)Cc1ccc(F)cc1)NCC1COc2ccccc2O1. The third-order valence-corrected chi connectivity index (χ3v) is 4.44. The van der Waals surface area contributed by atoms with Gasteiger partial charge in [-0.1, -0.05) is 24.3 Å². The number of guanidine groups is 1. The molecule has 1 aliphatic heterocycles. The van der Waals surface area contributed by atoms with Gasteiger partial charge in [0.2, 0.25) is 0 Å². The first-order chi connectivity index (χ1) is 13.6. The predicted molar refractivity (Wildman–Crippen MR) is 108 cm³/mol. The zero-order chi connectivity index (χ0) is 19.8. The summed E-state index contributed by atoms with van der Waals surface area (Å²) in [6.45, 7) is 3.43. The molecule has 1 unspecified atom stereocenters. The minimum Gasteiger partial charge on any atom is -0.486 e. The van der Waals surface area contributed by atoms with Gasteiger partial charge in [0.15, 0.2) is 17.5 Å². The number of aliphatic imine (C=N–C) groups is 1. The summed E-state index contributed by atoms with van der Waals surface area (Å²) >= 11 is 0. The number of nitrogens with zero attached hydrogens (tertiary/aromatic N) is 2. The summed E-state index contributed by atoms with van der Waals surface area (Å²) in [6.07, 6.45) is -0.0744. The topological polar surface area (TPSA) is 58.1 Å². The van der Waals surface area contributed by atoms with E-state index in [0.717, 1.165) is 42.7 Å². The molecule has 150 valence electrons. The Balaban J connectivity index is 1.36. The minimum atomic E-state index is -0.209. The lowest BCUT2D eigenvalue weighted by Gasteiger charge is -2.27. The Bertz CT molecular complexity index is 782. The fourth-order valence-corrected chi connectivity index (χ4v) is 2.94. The van der Waals surface area contributed by atoms with Crippen LogP contribution in [0, 0.1) is 5.82 Å². The van der Waals surface area contributed by atoms with E-state index < -0.39 is 0 Å². The first-order valence-corrected chi connectivity index (χ1v) is 9.40. The molecule has 2 aromatic rings. The molecule has 28 heavy (non-hydrogen) atoms. The lowest BCUT2D eigenvalue weighted by Crippen LogP contribution is -2.46. The van der Waals surface area contributed by atoms with Gasteiger partial charge in [-0.05, 0) is 36.9 Å². The molecule has 1 aliphatic rings. The number of nitrogens with one attached hydrogen (secondary N) is 2. The number of halogens is 1. The average molecular weight is 386 g/mol. The Kier molecular flexibility index (Phi) is 7.08. The Morgan fingerprint density at radius 1 is 1.14 bits per heavy atom. The zero-order valence-corrected chi connectivity index (χ0v) is 16.3. The first-order valence-electron chi connectivity index (χ1n) is 9.40. The van der Waals surface area contributed by atoms with Crippen LogP contribution < -0.4 is 20.1 Å². The van der Waals surface area contributed by atoms with Gasteiger partial charge in [-0.15, -0.1) is 0 Å². The molecule has 0 saturated heterocycles. The van der Waals surface area contributed by atoms with Gasteiger partial charge >= 0.3 is 0 Å². The van der Waals surface area contributed by atoms with Gasteiger partial charge in [0, 0.05) is 26.7 Å². The lowest BCUT2D eigenvalue weighted by atomic mass is 10.2. The summed E-state index contributed by atoms with van der Waals surface area (Å²) in [5.41, 5.74) is 1.08. The van der Waals surface area contributed by atoms with E-state index in [0.29, 0.717) is 13.2 Å². The molecule has 0 spiro atoms. The molecule has 3 rings (SSSR count). The molecular formula is C21H27FN4O2. The Labute approximate surface area is 165 Å². The molecule has 0 radical (unpaired) electrons. The van der Waals surface area contributed by atoms with Gasteiger partial charge < -0.3 is 25.0 Å². The number of rotatable bonds is 7. The lowest BCUT2D eigenvalue weighted by molar-refractivity contribution is 0.0936. The van der Waals surface area contributed by atoms with Crippen LogP contribution in [0.25, 0.3) is 0 Å². The van der Waals surface area contributed by atoms with Crippen molar-refractivity contribution in [3.63, 3.8) is 0 Å². The standard InChI is InChI=1S/C21H27FN4O2/c1-23-21(24-11-12-26(2)14-16-7-9-17(22)10-8-16)25-13-18-15-27-19-5-3-4-6-20(19)28-18/h3-10,18H,11-15H2,1-2H3,(H2,23,24,25). The first kappa shape index (κ1) is 19.9. The second kappa shape index (κ2) is 9.94. The normalized spacial score (nSPS) is 16.1. The number of para-hydroxylation sites is 2. The van der Waals surface area contributed by atoms with Gasteiger partial charge in [-0.3, -0.25) is 4.99 Å². The molecule has 2 N–H and O–H groups in total. The molecule has 7 heteroatoms. The fourth-order valence-electron chi connectivity index (χ4n) is 2.94. The maximum atomic E-state index is 13.0. The quantitative estimate of drug-likeness (QED) is 0.565. The smallest absolute Gasteiger partial charge is 0.191 e. The molecule has 2 aromatic carbocycles. The van der Waals surface area contributed by atoms with Gasteiger partial charge in [0.25, 0.3) is 0 Å². The van der Waals surface area contributed by atoms with Crippen molar-refractivity contribution in [2.75, 3.05) is 40.3 Å². The van der Waals surface area contributed by atoms with Gasteiger partial charge in [-0.2, -0.15) is 0 Å². The molecule has 0 saturated carbocycles. The summed E-state index contributed by atoms with van der Waals surface area (Å²) in [4.78, 5) is 6.41. The number of likely N-dealkylation sites (N-methyl/N-ethyl adjacent to an activating group) is 1. The van der Waals surface area contributed by atoms with Crippen LogP contribution in [0.15, 0.2) is 53.5 Å². The summed E-state index contributed by atoms with van der Waals surface area (Å²) in [6, 6.07) is 14.3. The largest absolute Gasteiger partial charge is 0.486 e. The highest BCUT2D eigenvalue weighted by Crippen LogP contribution is 2.30. The fraction of sp³-hybridized carbons (Fsp3) is 0.381. The van der Waals surface area contributed by atoms with Crippen LogP contribution in [-0.4, -0.2) is 57.3 Å². The second-order valence-corrected chi connectivity index (χ2v) is 6.74. The third kappa shape index (κ3) is 5.85. The van der Waals surface area contributed by atoms with E-state index in [1.807, 2.05) is 43.4 Å². The zero-order valence-electron chi connectivity index (χ0n) is 16.3. The van der Waals surface area contributed by atoms with E-state index in [1.54, 1.807) is 7.05 Å². The van der Waals surface area contributed by atoms with Crippen molar-refractivity contribution < 1.29 is 13.9 Å². The summed E-state index contributed by atoms with van der Waals surface area (Å²) < 4.78 is 24.6. The number of hydrogen-bond acceptors (Lipinski definition) is 4. The van der Waals surface area contributed by atoms with E-state index in [1.165, 1.54) is 12.1 Å². The molecular weight excluding hydrogens is 359 g/mol. The highest BCUT2D eigenvalue weighted by atomic mass is 19.1. The number of hydrogen-bond donors (Lipinski definition) is 2. The number of benzene rings is 2. The predicted octanol–water partition coefficient (Wildman–Crippen LogP) is 2.26. The summed E-state index contributed by atoms with van der Waals surface area (Å²) in [5, 5.41) is 6.57. The molecule has 0 amide bonds. The van der Waals surface area contributed by atoms with Crippen molar-refractivity contribution in [1.82, 2.24) is 15.5 Å². The highest BCUT2D eigenvalue weighted by Gasteiger charge is 2.20. The van der Waals surface area contributed by atoms with Crippen molar-refractivity contribution in [2.24, 2.45) is 4.99 Å². The van der Waals surface area contributed by atoms with Gasteiger partial charge in [-0.25, -0.2) is 4.39 Å². The van der Waals surface area contributed by atoms with Crippen LogP contribution >= 0.6 is 0 Å². The van der Waals surface area contributed by atoms with E-state index in [4.69, 9.17) is 9.47 Å². The van der Waals surface area contributed by atoms with Crippen molar-refractivity contribution in [1.29, 1.82) is 0 Å². The van der Waals surface area contributed by atoms with Crippen molar-refractivity contribution in [3.05, 3.63) is 59.9 Å². The highest BCUT2D eigenvalue weighted by molar-refractivity contribution is 5.79. The van der Waals surface area contributed by atoms with Crippen LogP contribution in [-0.2, 0) is 6.54 Å². The van der Waals surface area contributed by atoms with Crippen molar-refractivity contribution in [3.8, 4) is 11.5 Å². The van der Waals surface area contributed by atoms with Gasteiger partial charge in [0.05, 0.1) is 6.54 Å². The van der Waals surface area contributed by atoms with E-state index in [9.17, 15) is 4.39 Å². The molecule has 0 bridgehead atoms. The molecule has 6 nitrogen and oxygen atoms in total. The Hall–Kier alpha value is -2.80. The van der Waals surface area contributed by atoms with E-state index >= 15 is 0 Å². The monoisotopic (exact) mass is 386 g/mol. The third-order valence-electron chi connectivity index (χ3n) is 4.44. The Morgan fingerprint density at radius 3 is 2.64 bits per heavy atom. The second-order valence-electron chi connectivity index (χ2n) is 6.74. The van der Waals surface area contributed by atoms with Crippen molar-refractivity contribution in [2.45, 2.75) is 12.6 Å². The molecule has 1 heterocycles. The van der Waals surface area contributed by atoms with Gasteiger partial charge in [0.1, 0.15) is 18.5 Å². The van der Waals surface area contributed by atoms with Crippen LogP contribution in [0.5, 0.6) is 11.5 Å². The molecule has 0 fully saturated rings. The van der Waals surface area contributed by atoms with Crippen molar-refractivity contribution >= 4 is 5.96 Å². The van der Waals surface area contributed by atoms with E-state index in [2.05, 4.69) is 20.5 Å². The maximum Gasteiger partial charge on any atom is 0.191 e. The summed E-state index contributed by atoms with van der Waals surface area (Å²) in [5.74, 6) is 2.06. The molecule has 0 aliphatic carbocycles. The molecule has 0 aromatic heterocycles. The van der Waals surface area contributed by atoms with Crippen LogP contribution in [0.3, 0.4) is 0 Å².